The highest BCUT2D eigenvalue weighted by atomic mass is 15.3. The third-order valence-electron chi connectivity index (χ3n) is 3.02. The van der Waals surface area contributed by atoms with E-state index in [4.69, 9.17) is 0 Å². The summed E-state index contributed by atoms with van der Waals surface area (Å²) in [7, 11) is 0. The number of nitrogens with one attached hydrogen (secondary N) is 1. The fourth-order valence-corrected chi connectivity index (χ4v) is 1.59. The maximum Gasteiger partial charge on any atom is 0.243 e. The molecule has 1 fully saturated rings. The van der Waals surface area contributed by atoms with E-state index in [0.29, 0.717) is 5.41 Å². The predicted octanol–water partition coefficient (Wildman–Crippen LogP) is 1.94. The molecule has 0 bridgehead atoms. The van der Waals surface area contributed by atoms with Crippen molar-refractivity contribution in [2.45, 2.75) is 19.8 Å². The first kappa shape index (κ1) is 8.71. The maximum absolute atomic E-state index is 4.38. The largest absolute Gasteiger partial charge is 0.352 e. The van der Waals surface area contributed by atoms with E-state index in [0.717, 1.165) is 18.1 Å². The van der Waals surface area contributed by atoms with E-state index in [1.54, 1.807) is 4.52 Å². The minimum atomic E-state index is 0.484. The van der Waals surface area contributed by atoms with E-state index in [1.807, 2.05) is 24.4 Å². The highest BCUT2D eigenvalue weighted by Gasteiger charge is 2.37. The molecule has 2 aromatic heterocycles. The van der Waals surface area contributed by atoms with E-state index in [1.165, 1.54) is 12.8 Å². The summed E-state index contributed by atoms with van der Waals surface area (Å²) in [5.74, 6) is 0.731. The number of fused-ring (bicyclic) bond motifs is 1. The van der Waals surface area contributed by atoms with Crippen molar-refractivity contribution in [3.63, 3.8) is 0 Å². The summed E-state index contributed by atoms with van der Waals surface area (Å²) < 4.78 is 1.79. The maximum atomic E-state index is 4.38. The topological polar surface area (TPSA) is 42.2 Å². The second kappa shape index (κ2) is 2.95. The fourth-order valence-electron chi connectivity index (χ4n) is 1.59. The molecular formula is C11H14N4. The molecule has 0 aromatic carbocycles. The highest BCUT2D eigenvalue weighted by Crippen LogP contribution is 2.44. The van der Waals surface area contributed by atoms with Gasteiger partial charge in [0.15, 0.2) is 5.65 Å². The minimum Gasteiger partial charge on any atom is -0.352 e. The molecule has 15 heavy (non-hydrogen) atoms. The molecule has 4 heteroatoms. The van der Waals surface area contributed by atoms with Crippen LogP contribution in [-0.2, 0) is 0 Å². The van der Waals surface area contributed by atoms with Gasteiger partial charge in [-0.05, 0) is 30.4 Å². The van der Waals surface area contributed by atoms with Gasteiger partial charge < -0.3 is 5.32 Å². The Kier molecular flexibility index (Phi) is 1.71. The van der Waals surface area contributed by atoms with Crippen molar-refractivity contribution < 1.29 is 0 Å². The molecule has 4 nitrogen and oxygen atoms in total. The Labute approximate surface area is 88.3 Å². The summed E-state index contributed by atoms with van der Waals surface area (Å²) in [6, 6.07) is 5.88. The summed E-state index contributed by atoms with van der Waals surface area (Å²) in [5.41, 5.74) is 1.37. The number of hydrogen-bond acceptors (Lipinski definition) is 3. The minimum absolute atomic E-state index is 0.484. The zero-order valence-electron chi connectivity index (χ0n) is 8.77. The zero-order valence-corrected chi connectivity index (χ0v) is 8.77. The van der Waals surface area contributed by atoms with Crippen LogP contribution in [0.4, 0.5) is 5.95 Å². The van der Waals surface area contributed by atoms with Gasteiger partial charge in [0.2, 0.25) is 5.95 Å². The van der Waals surface area contributed by atoms with Gasteiger partial charge in [-0.2, -0.15) is 4.98 Å². The van der Waals surface area contributed by atoms with Crippen LogP contribution in [0.15, 0.2) is 24.4 Å². The molecule has 78 valence electrons. The van der Waals surface area contributed by atoms with Crippen molar-refractivity contribution in [3.05, 3.63) is 24.4 Å². The first-order chi connectivity index (χ1) is 7.25. The number of anilines is 1. The number of nitrogens with zero attached hydrogens (tertiary/aromatic N) is 3. The summed E-state index contributed by atoms with van der Waals surface area (Å²) in [6.07, 6.45) is 4.53. The molecule has 0 radical (unpaired) electrons. The molecule has 1 aliphatic rings. The van der Waals surface area contributed by atoms with Crippen LogP contribution in [0, 0.1) is 5.41 Å². The first-order valence-electron chi connectivity index (χ1n) is 5.31. The number of rotatable bonds is 3. The molecule has 0 atom stereocenters. The highest BCUT2D eigenvalue weighted by molar-refractivity contribution is 5.42. The molecule has 1 saturated carbocycles. The van der Waals surface area contributed by atoms with Crippen molar-refractivity contribution in [1.29, 1.82) is 0 Å². The van der Waals surface area contributed by atoms with Gasteiger partial charge in [0.05, 0.1) is 0 Å². The lowest BCUT2D eigenvalue weighted by atomic mass is 10.1. The van der Waals surface area contributed by atoms with Crippen LogP contribution < -0.4 is 5.32 Å². The smallest absolute Gasteiger partial charge is 0.243 e. The monoisotopic (exact) mass is 202 g/mol. The Morgan fingerprint density at radius 1 is 1.47 bits per heavy atom. The number of aromatic nitrogens is 3. The van der Waals surface area contributed by atoms with Crippen molar-refractivity contribution in [3.8, 4) is 0 Å². The van der Waals surface area contributed by atoms with Crippen molar-refractivity contribution in [1.82, 2.24) is 14.6 Å². The lowest BCUT2D eigenvalue weighted by Gasteiger charge is -2.06. The van der Waals surface area contributed by atoms with Crippen LogP contribution >= 0.6 is 0 Å². The lowest BCUT2D eigenvalue weighted by Crippen LogP contribution is -2.12. The van der Waals surface area contributed by atoms with Crippen LogP contribution in [0.1, 0.15) is 19.8 Å². The average molecular weight is 202 g/mol. The normalized spacial score (nSPS) is 17.9. The third kappa shape index (κ3) is 1.67. The molecule has 0 saturated heterocycles. The Balaban J connectivity index is 1.79. The summed E-state index contributed by atoms with van der Waals surface area (Å²) in [4.78, 5) is 4.38. The predicted molar refractivity (Wildman–Crippen MR) is 58.8 cm³/mol. The molecule has 0 amide bonds. The lowest BCUT2D eigenvalue weighted by molar-refractivity contribution is 0.607. The molecule has 3 rings (SSSR count). The van der Waals surface area contributed by atoms with Gasteiger partial charge in [0.25, 0.3) is 0 Å². The van der Waals surface area contributed by atoms with Crippen molar-refractivity contribution in [2.75, 3.05) is 11.9 Å². The standard InChI is InChI=1S/C11H14N4/c1-11(5-6-11)8-12-10-13-9-4-2-3-7-15(9)14-10/h2-4,7H,5-6,8H2,1H3,(H,12,14). The SMILES string of the molecule is CC1(CNc2nc3ccccn3n2)CC1. The first-order valence-corrected chi connectivity index (χ1v) is 5.31. The van der Waals surface area contributed by atoms with Gasteiger partial charge in [-0.25, -0.2) is 4.52 Å². The van der Waals surface area contributed by atoms with E-state index in [9.17, 15) is 0 Å². The molecule has 0 unspecified atom stereocenters. The Bertz CT molecular complexity index is 451. The van der Waals surface area contributed by atoms with Crippen LogP contribution in [0.2, 0.25) is 0 Å². The third-order valence-corrected chi connectivity index (χ3v) is 3.02. The van der Waals surface area contributed by atoms with Gasteiger partial charge in [-0.15, -0.1) is 5.10 Å². The van der Waals surface area contributed by atoms with Gasteiger partial charge >= 0.3 is 0 Å². The zero-order chi connectivity index (χ0) is 10.3. The second-order valence-corrected chi connectivity index (χ2v) is 4.60. The number of hydrogen-bond donors (Lipinski definition) is 1. The molecule has 1 aliphatic carbocycles. The van der Waals surface area contributed by atoms with Crippen LogP contribution in [0.25, 0.3) is 5.65 Å². The summed E-state index contributed by atoms with van der Waals surface area (Å²) in [6.45, 7) is 3.26. The quantitative estimate of drug-likeness (QED) is 0.827. The Hall–Kier alpha value is -1.58. The van der Waals surface area contributed by atoms with E-state index in [2.05, 4.69) is 22.3 Å². The van der Waals surface area contributed by atoms with Crippen molar-refractivity contribution >= 4 is 11.6 Å². The molecule has 1 N–H and O–H groups in total. The second-order valence-electron chi connectivity index (χ2n) is 4.60. The molecular weight excluding hydrogens is 188 g/mol. The Morgan fingerprint density at radius 2 is 2.33 bits per heavy atom. The summed E-state index contributed by atoms with van der Waals surface area (Å²) >= 11 is 0. The van der Waals surface area contributed by atoms with Crippen molar-refractivity contribution in [2.24, 2.45) is 5.41 Å². The van der Waals surface area contributed by atoms with E-state index in [-0.39, 0.29) is 0 Å². The molecule has 2 aromatic rings. The van der Waals surface area contributed by atoms with Crippen LogP contribution in [0.3, 0.4) is 0 Å². The average Bonchev–Trinajstić information content (AvgIpc) is 2.83. The van der Waals surface area contributed by atoms with Crippen LogP contribution in [-0.4, -0.2) is 21.1 Å². The van der Waals surface area contributed by atoms with Gasteiger partial charge in [0.1, 0.15) is 0 Å². The van der Waals surface area contributed by atoms with E-state index < -0.39 is 0 Å². The Morgan fingerprint density at radius 3 is 3.07 bits per heavy atom. The molecule has 0 aliphatic heterocycles. The summed E-state index contributed by atoms with van der Waals surface area (Å²) in [5, 5.41) is 7.63. The van der Waals surface area contributed by atoms with Gasteiger partial charge in [0, 0.05) is 12.7 Å². The molecule has 0 spiro atoms. The molecule has 2 heterocycles. The van der Waals surface area contributed by atoms with Gasteiger partial charge in [-0.3, -0.25) is 0 Å². The number of pyridine rings is 1. The van der Waals surface area contributed by atoms with E-state index >= 15 is 0 Å². The van der Waals surface area contributed by atoms with Crippen LogP contribution in [0.5, 0.6) is 0 Å². The fraction of sp³-hybridized carbons (Fsp3) is 0.455. The van der Waals surface area contributed by atoms with Gasteiger partial charge in [-0.1, -0.05) is 13.0 Å².